The highest BCUT2D eigenvalue weighted by molar-refractivity contribution is 6.31. The van der Waals surface area contributed by atoms with Gasteiger partial charge in [-0.25, -0.2) is 9.18 Å². The molecular formula is C15H13ClFNO3. The zero-order valence-corrected chi connectivity index (χ0v) is 11.9. The molecule has 0 heterocycles. The number of carboxylic acids is 1. The lowest BCUT2D eigenvalue weighted by molar-refractivity contribution is 0.0698. The van der Waals surface area contributed by atoms with E-state index in [1.807, 2.05) is 0 Å². The van der Waals surface area contributed by atoms with Crippen LogP contribution < -0.4 is 10.1 Å². The number of halogens is 2. The summed E-state index contributed by atoms with van der Waals surface area (Å²) in [4.78, 5) is 11.2. The van der Waals surface area contributed by atoms with Gasteiger partial charge in [0, 0.05) is 11.1 Å². The molecule has 2 aromatic rings. The third-order valence-corrected chi connectivity index (χ3v) is 2.96. The Bertz CT molecular complexity index is 676. The average Bonchev–Trinajstić information content (AvgIpc) is 2.43. The summed E-state index contributed by atoms with van der Waals surface area (Å²) in [5, 5.41) is 12.4. The fourth-order valence-corrected chi connectivity index (χ4v) is 1.99. The van der Waals surface area contributed by atoms with Crippen LogP contribution in [-0.2, 0) is 0 Å². The summed E-state index contributed by atoms with van der Waals surface area (Å²) in [5.41, 5.74) is 0.844. The van der Waals surface area contributed by atoms with Crippen LogP contribution in [0.3, 0.4) is 0 Å². The van der Waals surface area contributed by atoms with Crippen molar-refractivity contribution in [1.82, 2.24) is 0 Å². The number of nitrogens with one attached hydrogen (secondary N) is 1. The monoisotopic (exact) mass is 309 g/mol. The minimum Gasteiger partial charge on any atom is -0.492 e. The normalized spacial score (nSPS) is 10.2. The number of anilines is 2. The van der Waals surface area contributed by atoms with Gasteiger partial charge >= 0.3 is 5.97 Å². The van der Waals surface area contributed by atoms with Gasteiger partial charge in [-0.1, -0.05) is 11.6 Å². The molecule has 0 atom stereocenters. The molecule has 0 radical (unpaired) electrons. The van der Waals surface area contributed by atoms with Crippen LogP contribution in [0.2, 0.25) is 5.02 Å². The molecule has 0 aliphatic heterocycles. The summed E-state index contributed by atoms with van der Waals surface area (Å²) < 4.78 is 18.6. The van der Waals surface area contributed by atoms with Crippen molar-refractivity contribution in [2.75, 3.05) is 11.9 Å². The van der Waals surface area contributed by atoms with Crippen LogP contribution in [0.5, 0.6) is 5.75 Å². The zero-order chi connectivity index (χ0) is 15.4. The molecule has 0 aliphatic carbocycles. The van der Waals surface area contributed by atoms with Crippen molar-refractivity contribution in [1.29, 1.82) is 0 Å². The van der Waals surface area contributed by atoms with Gasteiger partial charge in [-0.3, -0.25) is 0 Å². The van der Waals surface area contributed by atoms with E-state index in [2.05, 4.69) is 5.32 Å². The van der Waals surface area contributed by atoms with Crippen LogP contribution in [0.4, 0.5) is 15.8 Å². The maximum Gasteiger partial charge on any atom is 0.337 e. The van der Waals surface area contributed by atoms with Crippen molar-refractivity contribution in [2.24, 2.45) is 0 Å². The van der Waals surface area contributed by atoms with E-state index in [0.29, 0.717) is 28.8 Å². The molecule has 0 saturated carbocycles. The molecule has 0 saturated heterocycles. The fraction of sp³-hybridized carbons (Fsp3) is 0.133. The van der Waals surface area contributed by atoms with Gasteiger partial charge in [-0.2, -0.15) is 0 Å². The van der Waals surface area contributed by atoms with Gasteiger partial charge in [0.15, 0.2) is 0 Å². The third kappa shape index (κ3) is 3.64. The van der Waals surface area contributed by atoms with Crippen molar-refractivity contribution in [3.63, 3.8) is 0 Å². The Morgan fingerprint density at radius 2 is 2.00 bits per heavy atom. The van der Waals surface area contributed by atoms with E-state index in [0.717, 1.165) is 0 Å². The van der Waals surface area contributed by atoms with Crippen LogP contribution >= 0.6 is 11.6 Å². The second kappa shape index (κ2) is 6.45. The molecule has 0 amide bonds. The lowest BCUT2D eigenvalue weighted by Crippen LogP contribution is -2.04. The predicted octanol–water partition coefficient (Wildman–Crippen LogP) is 4.32. The van der Waals surface area contributed by atoms with Crippen LogP contribution in [-0.4, -0.2) is 17.7 Å². The van der Waals surface area contributed by atoms with E-state index in [1.165, 1.54) is 24.3 Å². The summed E-state index contributed by atoms with van der Waals surface area (Å²) in [6, 6.07) is 8.45. The molecule has 21 heavy (non-hydrogen) atoms. The second-order valence-corrected chi connectivity index (χ2v) is 4.63. The molecule has 2 aromatic carbocycles. The standard InChI is InChI=1S/C15H13ClFNO3/c1-2-21-14-8-10(17)4-6-13(14)18-12-5-3-9(16)7-11(12)15(19)20/h3-8,18H,2H2,1H3,(H,19,20). The Morgan fingerprint density at radius 1 is 1.29 bits per heavy atom. The molecule has 2 N–H and O–H groups in total. The van der Waals surface area contributed by atoms with E-state index >= 15 is 0 Å². The van der Waals surface area contributed by atoms with Crippen LogP contribution in [0, 0.1) is 5.82 Å². The zero-order valence-electron chi connectivity index (χ0n) is 11.2. The average molecular weight is 310 g/mol. The molecule has 0 bridgehead atoms. The smallest absolute Gasteiger partial charge is 0.337 e. The first kappa shape index (κ1) is 15.1. The van der Waals surface area contributed by atoms with Gasteiger partial charge < -0.3 is 15.2 Å². The number of aromatic carboxylic acids is 1. The number of hydrogen-bond donors (Lipinski definition) is 2. The van der Waals surface area contributed by atoms with E-state index in [4.69, 9.17) is 16.3 Å². The summed E-state index contributed by atoms with van der Waals surface area (Å²) in [6.45, 7) is 2.14. The highest BCUT2D eigenvalue weighted by atomic mass is 35.5. The fourth-order valence-electron chi connectivity index (χ4n) is 1.82. The predicted molar refractivity (Wildman–Crippen MR) is 79.3 cm³/mol. The molecule has 0 unspecified atom stereocenters. The third-order valence-electron chi connectivity index (χ3n) is 2.72. The van der Waals surface area contributed by atoms with E-state index in [9.17, 15) is 14.3 Å². The first-order valence-corrected chi connectivity index (χ1v) is 6.61. The first-order chi connectivity index (χ1) is 10.0. The lowest BCUT2D eigenvalue weighted by Gasteiger charge is -2.14. The molecule has 0 spiro atoms. The Morgan fingerprint density at radius 3 is 2.67 bits per heavy atom. The van der Waals surface area contributed by atoms with Gasteiger partial charge in [0.1, 0.15) is 11.6 Å². The van der Waals surface area contributed by atoms with E-state index < -0.39 is 11.8 Å². The Kier molecular flexibility index (Phi) is 4.65. The summed E-state index contributed by atoms with van der Waals surface area (Å²) in [5.74, 6) is -1.23. The molecule has 6 heteroatoms. The minimum absolute atomic E-state index is 0.0225. The van der Waals surface area contributed by atoms with Crippen LogP contribution in [0.1, 0.15) is 17.3 Å². The maximum atomic E-state index is 13.3. The Balaban J connectivity index is 2.40. The molecule has 0 fully saturated rings. The van der Waals surface area contributed by atoms with Gasteiger partial charge in [-0.05, 0) is 37.3 Å². The van der Waals surface area contributed by atoms with Gasteiger partial charge in [0.25, 0.3) is 0 Å². The van der Waals surface area contributed by atoms with Gasteiger partial charge in [-0.15, -0.1) is 0 Å². The summed E-state index contributed by atoms with van der Waals surface area (Å²) in [7, 11) is 0. The van der Waals surface area contributed by atoms with Crippen molar-refractivity contribution >= 4 is 28.9 Å². The Labute approximate surface area is 126 Å². The SMILES string of the molecule is CCOc1cc(F)ccc1Nc1ccc(Cl)cc1C(=O)O. The van der Waals surface area contributed by atoms with E-state index in [1.54, 1.807) is 19.1 Å². The van der Waals surface area contributed by atoms with Crippen molar-refractivity contribution in [2.45, 2.75) is 6.92 Å². The van der Waals surface area contributed by atoms with Crippen molar-refractivity contribution < 1.29 is 19.0 Å². The van der Waals surface area contributed by atoms with E-state index in [-0.39, 0.29) is 5.56 Å². The number of benzene rings is 2. The number of hydrogen-bond acceptors (Lipinski definition) is 3. The lowest BCUT2D eigenvalue weighted by atomic mass is 10.1. The summed E-state index contributed by atoms with van der Waals surface area (Å²) in [6.07, 6.45) is 0. The first-order valence-electron chi connectivity index (χ1n) is 6.23. The second-order valence-electron chi connectivity index (χ2n) is 4.19. The number of carboxylic acid groups (broad SMARTS) is 1. The van der Waals surface area contributed by atoms with Gasteiger partial charge in [0.05, 0.1) is 23.5 Å². The highest BCUT2D eigenvalue weighted by Crippen LogP contribution is 2.31. The molecule has 110 valence electrons. The van der Waals surface area contributed by atoms with Gasteiger partial charge in [0.2, 0.25) is 0 Å². The minimum atomic E-state index is -1.11. The van der Waals surface area contributed by atoms with Crippen LogP contribution in [0.15, 0.2) is 36.4 Å². The number of rotatable bonds is 5. The highest BCUT2D eigenvalue weighted by Gasteiger charge is 2.13. The maximum absolute atomic E-state index is 13.3. The van der Waals surface area contributed by atoms with Crippen LogP contribution in [0.25, 0.3) is 0 Å². The molecular weight excluding hydrogens is 297 g/mol. The number of ether oxygens (including phenoxy) is 1. The summed E-state index contributed by atoms with van der Waals surface area (Å²) >= 11 is 5.80. The largest absolute Gasteiger partial charge is 0.492 e. The van der Waals surface area contributed by atoms with Crippen molar-refractivity contribution in [3.8, 4) is 5.75 Å². The Hall–Kier alpha value is -2.27. The number of carbonyl (C=O) groups is 1. The molecule has 4 nitrogen and oxygen atoms in total. The quantitative estimate of drug-likeness (QED) is 0.863. The molecule has 2 rings (SSSR count). The van der Waals surface area contributed by atoms with Crippen molar-refractivity contribution in [3.05, 3.63) is 52.8 Å². The topological polar surface area (TPSA) is 58.6 Å². The molecule has 0 aliphatic rings. The molecule has 0 aromatic heterocycles.